The average Bonchev–Trinajstić information content (AvgIpc) is 2.40. The van der Waals surface area contributed by atoms with Gasteiger partial charge in [0.05, 0.1) is 0 Å². The largest absolute Gasteiger partial charge is 0.380 e. The van der Waals surface area contributed by atoms with Crippen LogP contribution in [0.2, 0.25) is 0 Å². The summed E-state index contributed by atoms with van der Waals surface area (Å²) in [6, 6.07) is 15.7. The van der Waals surface area contributed by atoms with E-state index in [0.717, 1.165) is 12.0 Å². The maximum Gasteiger partial charge on any atom is 0.129 e. The van der Waals surface area contributed by atoms with E-state index in [4.69, 9.17) is 0 Å². The minimum absolute atomic E-state index is 0.345. The van der Waals surface area contributed by atoms with Crippen LogP contribution in [-0.4, -0.2) is 5.11 Å². The van der Waals surface area contributed by atoms with E-state index in [0.29, 0.717) is 12.0 Å². The van der Waals surface area contributed by atoms with Crippen LogP contribution in [0.25, 0.3) is 0 Å². The van der Waals surface area contributed by atoms with Gasteiger partial charge in [-0.2, -0.15) is 0 Å². The number of hydrogen-bond acceptors (Lipinski definition) is 1. The molecule has 2 aromatic rings. The highest BCUT2D eigenvalue weighted by Gasteiger charge is 2.32. The molecule has 1 atom stereocenters. The highest BCUT2D eigenvalue weighted by Crippen LogP contribution is 2.35. The third-order valence-corrected chi connectivity index (χ3v) is 3.18. The van der Waals surface area contributed by atoms with Crippen LogP contribution in [0.4, 0.5) is 4.39 Å². The lowest BCUT2D eigenvalue weighted by Gasteiger charge is -2.29. The van der Waals surface area contributed by atoms with Gasteiger partial charge < -0.3 is 5.11 Å². The van der Waals surface area contributed by atoms with E-state index < -0.39 is 5.60 Å². The Hall–Kier alpha value is -1.67. The zero-order valence-corrected chi connectivity index (χ0v) is 10.4. The Kier molecular flexibility index (Phi) is 3.78. The summed E-state index contributed by atoms with van der Waals surface area (Å²) in [6.45, 7) is 1.98. The predicted octanol–water partition coefficient (Wildman–Crippen LogP) is 3.86. The molecule has 0 aliphatic heterocycles. The summed E-state index contributed by atoms with van der Waals surface area (Å²) in [6.07, 6.45) is 1.28. The Morgan fingerprint density at radius 3 is 2.22 bits per heavy atom. The molecule has 0 saturated carbocycles. The van der Waals surface area contributed by atoms with E-state index in [-0.39, 0.29) is 5.82 Å². The monoisotopic (exact) mass is 244 g/mol. The van der Waals surface area contributed by atoms with Crippen molar-refractivity contribution in [3.05, 3.63) is 71.5 Å². The minimum atomic E-state index is -1.25. The van der Waals surface area contributed by atoms with Gasteiger partial charge in [-0.25, -0.2) is 4.39 Å². The van der Waals surface area contributed by atoms with Crippen LogP contribution in [-0.2, 0) is 5.60 Å². The fraction of sp³-hybridized carbons (Fsp3) is 0.250. The molecule has 1 unspecified atom stereocenters. The van der Waals surface area contributed by atoms with Gasteiger partial charge in [0.1, 0.15) is 11.4 Å². The zero-order valence-electron chi connectivity index (χ0n) is 10.4. The summed E-state index contributed by atoms with van der Waals surface area (Å²) in [4.78, 5) is 0. The van der Waals surface area contributed by atoms with Crippen molar-refractivity contribution in [2.45, 2.75) is 25.4 Å². The van der Waals surface area contributed by atoms with E-state index in [1.807, 2.05) is 37.3 Å². The smallest absolute Gasteiger partial charge is 0.129 e. The van der Waals surface area contributed by atoms with Gasteiger partial charge in [-0.3, -0.25) is 0 Å². The van der Waals surface area contributed by atoms with Crippen molar-refractivity contribution in [2.75, 3.05) is 0 Å². The summed E-state index contributed by atoms with van der Waals surface area (Å²) < 4.78 is 13.9. The topological polar surface area (TPSA) is 20.2 Å². The summed E-state index contributed by atoms with van der Waals surface area (Å²) in [5.41, 5.74) is -0.170. The number of rotatable bonds is 4. The van der Waals surface area contributed by atoms with Crippen LogP contribution >= 0.6 is 0 Å². The Labute approximate surface area is 107 Å². The molecule has 2 rings (SSSR count). The van der Waals surface area contributed by atoms with Crippen molar-refractivity contribution in [1.82, 2.24) is 0 Å². The van der Waals surface area contributed by atoms with E-state index in [1.54, 1.807) is 18.2 Å². The molecule has 0 bridgehead atoms. The molecule has 0 heterocycles. The molecule has 0 fully saturated rings. The van der Waals surface area contributed by atoms with Gasteiger partial charge >= 0.3 is 0 Å². The lowest BCUT2D eigenvalue weighted by molar-refractivity contribution is 0.0663. The SMILES string of the molecule is CCCC(O)(c1ccccc1)c1ccccc1F. The van der Waals surface area contributed by atoms with Crippen LogP contribution in [0, 0.1) is 5.82 Å². The standard InChI is InChI=1S/C16H17FO/c1-2-12-16(18,13-8-4-3-5-9-13)14-10-6-7-11-15(14)17/h3-11,18H,2,12H2,1H3. The summed E-state index contributed by atoms with van der Waals surface area (Å²) in [7, 11) is 0. The Morgan fingerprint density at radius 1 is 1.00 bits per heavy atom. The molecule has 0 aliphatic carbocycles. The third kappa shape index (κ3) is 2.29. The molecule has 2 heteroatoms. The molecular weight excluding hydrogens is 227 g/mol. The molecule has 0 aromatic heterocycles. The van der Waals surface area contributed by atoms with Crippen LogP contribution in [0.3, 0.4) is 0 Å². The molecule has 0 radical (unpaired) electrons. The van der Waals surface area contributed by atoms with Crippen LogP contribution in [0.1, 0.15) is 30.9 Å². The highest BCUT2D eigenvalue weighted by molar-refractivity contribution is 5.36. The normalized spacial score (nSPS) is 14.2. The molecule has 1 nitrogen and oxygen atoms in total. The van der Waals surface area contributed by atoms with Crippen molar-refractivity contribution in [2.24, 2.45) is 0 Å². The van der Waals surface area contributed by atoms with E-state index in [9.17, 15) is 9.50 Å². The molecule has 0 spiro atoms. The third-order valence-electron chi connectivity index (χ3n) is 3.18. The molecule has 0 saturated heterocycles. The summed E-state index contributed by atoms with van der Waals surface area (Å²) in [5.74, 6) is -0.364. The predicted molar refractivity (Wildman–Crippen MR) is 70.7 cm³/mol. The Morgan fingerprint density at radius 2 is 1.61 bits per heavy atom. The van der Waals surface area contributed by atoms with E-state index in [2.05, 4.69) is 0 Å². The second-order valence-electron chi connectivity index (χ2n) is 4.46. The maximum absolute atomic E-state index is 13.9. The lowest BCUT2D eigenvalue weighted by Crippen LogP contribution is -2.28. The van der Waals surface area contributed by atoms with Gasteiger partial charge in [0, 0.05) is 5.56 Å². The van der Waals surface area contributed by atoms with Crippen molar-refractivity contribution in [3.8, 4) is 0 Å². The van der Waals surface area contributed by atoms with Crippen LogP contribution in [0.5, 0.6) is 0 Å². The van der Waals surface area contributed by atoms with Crippen LogP contribution < -0.4 is 0 Å². The minimum Gasteiger partial charge on any atom is -0.380 e. The molecule has 2 aromatic carbocycles. The molecular formula is C16H17FO. The van der Waals surface area contributed by atoms with Gasteiger partial charge in [0.2, 0.25) is 0 Å². The second-order valence-corrected chi connectivity index (χ2v) is 4.46. The van der Waals surface area contributed by atoms with Crippen molar-refractivity contribution in [1.29, 1.82) is 0 Å². The number of aliphatic hydroxyl groups is 1. The first-order valence-corrected chi connectivity index (χ1v) is 6.21. The first-order chi connectivity index (χ1) is 8.68. The number of hydrogen-bond donors (Lipinski definition) is 1. The lowest BCUT2D eigenvalue weighted by atomic mass is 9.82. The van der Waals surface area contributed by atoms with Crippen LogP contribution in [0.15, 0.2) is 54.6 Å². The molecule has 0 aliphatic rings. The summed E-state index contributed by atoms with van der Waals surface area (Å²) in [5, 5.41) is 10.9. The first kappa shape index (κ1) is 12.8. The average molecular weight is 244 g/mol. The number of benzene rings is 2. The highest BCUT2D eigenvalue weighted by atomic mass is 19.1. The first-order valence-electron chi connectivity index (χ1n) is 6.21. The molecule has 1 N–H and O–H groups in total. The van der Waals surface area contributed by atoms with E-state index in [1.165, 1.54) is 6.07 Å². The quantitative estimate of drug-likeness (QED) is 0.865. The maximum atomic E-state index is 13.9. The van der Waals surface area contributed by atoms with Crippen molar-refractivity contribution < 1.29 is 9.50 Å². The van der Waals surface area contributed by atoms with Gasteiger partial charge in [0.15, 0.2) is 0 Å². The molecule has 18 heavy (non-hydrogen) atoms. The fourth-order valence-electron chi connectivity index (χ4n) is 2.31. The van der Waals surface area contributed by atoms with Crippen molar-refractivity contribution >= 4 is 0 Å². The summed E-state index contributed by atoms with van der Waals surface area (Å²) >= 11 is 0. The molecule has 0 amide bonds. The van der Waals surface area contributed by atoms with Crippen molar-refractivity contribution in [3.63, 3.8) is 0 Å². The fourth-order valence-corrected chi connectivity index (χ4v) is 2.31. The molecule has 94 valence electrons. The van der Waals surface area contributed by atoms with Gasteiger partial charge in [0.25, 0.3) is 0 Å². The van der Waals surface area contributed by atoms with Gasteiger partial charge in [-0.15, -0.1) is 0 Å². The van der Waals surface area contributed by atoms with Gasteiger partial charge in [-0.1, -0.05) is 61.9 Å². The second kappa shape index (κ2) is 5.32. The zero-order chi connectivity index (χ0) is 13.0. The van der Waals surface area contributed by atoms with E-state index >= 15 is 0 Å². The Bertz CT molecular complexity index is 510. The Balaban J connectivity index is 2.55. The van der Waals surface area contributed by atoms with Gasteiger partial charge in [-0.05, 0) is 18.1 Å². The number of halogens is 1.